The number of nitrogens with zero attached hydrogens (tertiary/aromatic N) is 2. The summed E-state index contributed by atoms with van der Waals surface area (Å²) in [6.07, 6.45) is 2.46. The first kappa shape index (κ1) is 16.3. The predicted octanol–water partition coefficient (Wildman–Crippen LogP) is 3.01. The SMILES string of the molecule is C=CCN1C(=O)C(c2ccccc2)=C(N2CCc3ccccc3C2)C1=O. The smallest absolute Gasteiger partial charge is 0.278 e. The van der Waals surface area contributed by atoms with Gasteiger partial charge in [0.1, 0.15) is 5.70 Å². The highest BCUT2D eigenvalue weighted by Gasteiger charge is 2.41. The van der Waals surface area contributed by atoms with Gasteiger partial charge in [-0.15, -0.1) is 6.58 Å². The Morgan fingerprint density at radius 3 is 2.35 bits per heavy atom. The Labute approximate surface area is 153 Å². The second-order valence-corrected chi connectivity index (χ2v) is 6.54. The van der Waals surface area contributed by atoms with E-state index in [2.05, 4.69) is 18.7 Å². The molecule has 0 aromatic heterocycles. The van der Waals surface area contributed by atoms with Crippen molar-refractivity contribution >= 4 is 17.4 Å². The average molecular weight is 344 g/mol. The number of hydrogen-bond donors (Lipinski definition) is 0. The Kier molecular flexibility index (Phi) is 4.17. The third-order valence-corrected chi connectivity index (χ3v) is 4.96. The van der Waals surface area contributed by atoms with Crippen molar-refractivity contribution in [1.82, 2.24) is 9.80 Å². The van der Waals surface area contributed by atoms with Crippen molar-refractivity contribution in [3.8, 4) is 0 Å². The molecule has 26 heavy (non-hydrogen) atoms. The van der Waals surface area contributed by atoms with Crippen molar-refractivity contribution in [2.45, 2.75) is 13.0 Å². The lowest BCUT2D eigenvalue weighted by Crippen LogP contribution is -2.37. The first-order valence-corrected chi connectivity index (χ1v) is 8.79. The van der Waals surface area contributed by atoms with E-state index >= 15 is 0 Å². The molecule has 2 aliphatic heterocycles. The fraction of sp³-hybridized carbons (Fsp3) is 0.182. The molecule has 0 radical (unpaired) electrons. The fourth-order valence-corrected chi connectivity index (χ4v) is 3.70. The van der Waals surface area contributed by atoms with Crippen LogP contribution in [0.5, 0.6) is 0 Å². The molecular formula is C22H20N2O2. The first-order chi connectivity index (χ1) is 12.7. The molecule has 0 aliphatic carbocycles. The summed E-state index contributed by atoms with van der Waals surface area (Å²) in [6.45, 7) is 5.27. The van der Waals surface area contributed by atoms with E-state index in [4.69, 9.17) is 0 Å². The van der Waals surface area contributed by atoms with Gasteiger partial charge in [-0.2, -0.15) is 0 Å². The van der Waals surface area contributed by atoms with Gasteiger partial charge in [0.25, 0.3) is 11.8 Å². The lowest BCUT2D eigenvalue weighted by molar-refractivity contribution is -0.136. The normalized spacial score (nSPS) is 16.9. The van der Waals surface area contributed by atoms with Crippen LogP contribution in [-0.4, -0.2) is 34.7 Å². The van der Waals surface area contributed by atoms with E-state index in [1.54, 1.807) is 6.08 Å². The molecule has 0 fully saturated rings. The van der Waals surface area contributed by atoms with E-state index in [1.165, 1.54) is 16.0 Å². The highest BCUT2D eigenvalue weighted by atomic mass is 16.2. The van der Waals surface area contributed by atoms with E-state index in [-0.39, 0.29) is 18.4 Å². The molecular weight excluding hydrogens is 324 g/mol. The van der Waals surface area contributed by atoms with Gasteiger partial charge in [-0.25, -0.2) is 0 Å². The third kappa shape index (κ3) is 2.64. The van der Waals surface area contributed by atoms with Crippen LogP contribution in [0, 0.1) is 0 Å². The van der Waals surface area contributed by atoms with E-state index in [0.717, 1.165) is 18.5 Å². The molecule has 2 aliphatic rings. The fourth-order valence-electron chi connectivity index (χ4n) is 3.70. The molecule has 0 spiro atoms. The van der Waals surface area contributed by atoms with Crippen LogP contribution < -0.4 is 0 Å². The Bertz CT molecular complexity index is 915. The lowest BCUT2D eigenvalue weighted by atomic mass is 9.98. The number of hydrogen-bond acceptors (Lipinski definition) is 3. The molecule has 4 heteroatoms. The Morgan fingerprint density at radius 1 is 0.923 bits per heavy atom. The Hall–Kier alpha value is -3.14. The first-order valence-electron chi connectivity index (χ1n) is 8.79. The minimum atomic E-state index is -0.241. The van der Waals surface area contributed by atoms with Gasteiger partial charge < -0.3 is 4.90 Å². The Balaban J connectivity index is 1.79. The van der Waals surface area contributed by atoms with E-state index < -0.39 is 0 Å². The zero-order valence-electron chi connectivity index (χ0n) is 14.5. The van der Waals surface area contributed by atoms with Crippen LogP contribution >= 0.6 is 0 Å². The summed E-state index contributed by atoms with van der Waals surface area (Å²) in [5.74, 6) is -0.469. The molecule has 0 saturated heterocycles. The maximum atomic E-state index is 13.1. The number of imide groups is 1. The number of carbonyl (C=O) groups excluding carboxylic acids is 2. The molecule has 4 rings (SSSR count). The largest absolute Gasteiger partial charge is 0.362 e. The molecule has 2 heterocycles. The van der Waals surface area contributed by atoms with Gasteiger partial charge in [-0.1, -0.05) is 60.7 Å². The summed E-state index contributed by atoms with van der Waals surface area (Å²) in [4.78, 5) is 29.4. The molecule has 2 aromatic carbocycles. The number of rotatable bonds is 4. The van der Waals surface area contributed by atoms with Gasteiger partial charge in [-0.3, -0.25) is 14.5 Å². The van der Waals surface area contributed by atoms with Crippen molar-refractivity contribution in [2.75, 3.05) is 13.1 Å². The monoisotopic (exact) mass is 344 g/mol. The number of amides is 2. The number of benzene rings is 2. The average Bonchev–Trinajstić information content (AvgIpc) is 2.93. The van der Waals surface area contributed by atoms with Crippen LogP contribution in [0.25, 0.3) is 5.57 Å². The van der Waals surface area contributed by atoms with E-state index in [9.17, 15) is 9.59 Å². The zero-order valence-corrected chi connectivity index (χ0v) is 14.5. The lowest BCUT2D eigenvalue weighted by Gasteiger charge is -2.31. The maximum absolute atomic E-state index is 13.1. The van der Waals surface area contributed by atoms with Gasteiger partial charge in [0, 0.05) is 19.6 Å². The summed E-state index contributed by atoms with van der Waals surface area (Å²) in [5.41, 5.74) is 4.31. The van der Waals surface area contributed by atoms with Gasteiger partial charge in [0.05, 0.1) is 5.57 Å². The molecule has 0 saturated carbocycles. The maximum Gasteiger partial charge on any atom is 0.278 e. The van der Waals surface area contributed by atoms with Gasteiger partial charge in [-0.05, 0) is 23.1 Å². The molecule has 0 N–H and O–H groups in total. The number of carbonyl (C=O) groups is 2. The predicted molar refractivity (Wildman–Crippen MR) is 101 cm³/mol. The molecule has 130 valence electrons. The summed E-state index contributed by atoms with van der Waals surface area (Å²) >= 11 is 0. The van der Waals surface area contributed by atoms with Crippen LogP contribution in [-0.2, 0) is 22.6 Å². The molecule has 0 atom stereocenters. The second-order valence-electron chi connectivity index (χ2n) is 6.54. The van der Waals surface area contributed by atoms with Crippen molar-refractivity contribution in [2.24, 2.45) is 0 Å². The number of fused-ring (bicyclic) bond motifs is 1. The molecule has 2 aromatic rings. The van der Waals surface area contributed by atoms with E-state index in [0.29, 0.717) is 17.8 Å². The van der Waals surface area contributed by atoms with Gasteiger partial charge in [0.15, 0.2) is 0 Å². The van der Waals surface area contributed by atoms with Gasteiger partial charge in [0.2, 0.25) is 0 Å². The third-order valence-electron chi connectivity index (χ3n) is 4.96. The molecule has 4 nitrogen and oxygen atoms in total. The second kappa shape index (κ2) is 6.64. The van der Waals surface area contributed by atoms with Gasteiger partial charge >= 0.3 is 0 Å². The van der Waals surface area contributed by atoms with E-state index in [1.807, 2.05) is 47.4 Å². The Morgan fingerprint density at radius 2 is 1.62 bits per heavy atom. The highest BCUT2D eigenvalue weighted by Crippen LogP contribution is 2.34. The summed E-state index contributed by atoms with van der Waals surface area (Å²) < 4.78 is 0. The summed E-state index contributed by atoms with van der Waals surface area (Å²) in [5, 5.41) is 0. The standard InChI is InChI=1S/C22H20N2O2/c1-2-13-24-21(25)19(17-9-4-3-5-10-17)20(22(24)26)23-14-12-16-8-6-7-11-18(16)15-23/h2-11H,1,12-15H2. The van der Waals surface area contributed by atoms with Crippen LogP contribution in [0.2, 0.25) is 0 Å². The quantitative estimate of drug-likeness (QED) is 0.632. The van der Waals surface area contributed by atoms with Crippen molar-refractivity contribution in [1.29, 1.82) is 0 Å². The van der Waals surface area contributed by atoms with Crippen LogP contribution in [0.1, 0.15) is 16.7 Å². The van der Waals surface area contributed by atoms with Crippen molar-refractivity contribution in [3.05, 3.63) is 89.6 Å². The van der Waals surface area contributed by atoms with Crippen LogP contribution in [0.4, 0.5) is 0 Å². The zero-order chi connectivity index (χ0) is 18.1. The topological polar surface area (TPSA) is 40.6 Å². The van der Waals surface area contributed by atoms with Crippen molar-refractivity contribution in [3.63, 3.8) is 0 Å². The van der Waals surface area contributed by atoms with Crippen LogP contribution in [0.15, 0.2) is 72.9 Å². The van der Waals surface area contributed by atoms with Crippen LogP contribution in [0.3, 0.4) is 0 Å². The summed E-state index contributed by atoms with van der Waals surface area (Å²) in [6, 6.07) is 17.7. The highest BCUT2D eigenvalue weighted by molar-refractivity contribution is 6.35. The molecule has 0 bridgehead atoms. The molecule has 2 amide bonds. The minimum absolute atomic E-state index is 0.224. The van der Waals surface area contributed by atoms with Crippen molar-refractivity contribution < 1.29 is 9.59 Å². The molecule has 0 unspecified atom stereocenters. The minimum Gasteiger partial charge on any atom is -0.362 e. The summed E-state index contributed by atoms with van der Waals surface area (Å²) in [7, 11) is 0.